The van der Waals surface area contributed by atoms with Crippen LogP contribution in [0.4, 0.5) is 4.79 Å². The summed E-state index contributed by atoms with van der Waals surface area (Å²) in [5.41, 5.74) is 0. The zero-order valence-corrected chi connectivity index (χ0v) is 12.0. The fraction of sp³-hybridized carbons (Fsp3) is 0.938. The summed E-state index contributed by atoms with van der Waals surface area (Å²) in [5.74, 6) is 2.26. The molecule has 3 saturated carbocycles. The van der Waals surface area contributed by atoms with Crippen LogP contribution in [-0.2, 0) is 0 Å². The van der Waals surface area contributed by atoms with Crippen molar-refractivity contribution >= 4 is 6.03 Å². The fourth-order valence-electron chi connectivity index (χ4n) is 4.02. The third kappa shape index (κ3) is 3.64. The Morgan fingerprint density at radius 1 is 0.895 bits per heavy atom. The van der Waals surface area contributed by atoms with Crippen LogP contribution >= 0.6 is 0 Å². The molecule has 3 heteroatoms. The Morgan fingerprint density at radius 3 is 1.89 bits per heavy atom. The van der Waals surface area contributed by atoms with Crippen molar-refractivity contribution in [3.8, 4) is 0 Å². The maximum atomic E-state index is 12.1. The van der Waals surface area contributed by atoms with Crippen LogP contribution in [0.15, 0.2) is 0 Å². The first kappa shape index (κ1) is 13.3. The first-order valence-corrected chi connectivity index (χ1v) is 8.37. The van der Waals surface area contributed by atoms with Crippen molar-refractivity contribution in [1.29, 1.82) is 0 Å². The Labute approximate surface area is 116 Å². The van der Waals surface area contributed by atoms with E-state index in [4.69, 9.17) is 0 Å². The van der Waals surface area contributed by atoms with Crippen LogP contribution in [0.5, 0.6) is 0 Å². The third-order valence-corrected chi connectivity index (χ3v) is 5.36. The molecule has 0 heterocycles. The van der Waals surface area contributed by atoms with E-state index in [0.29, 0.717) is 6.04 Å². The van der Waals surface area contributed by atoms with Gasteiger partial charge in [-0.05, 0) is 56.3 Å². The van der Waals surface area contributed by atoms with Crippen molar-refractivity contribution in [2.45, 2.75) is 70.3 Å². The molecule has 0 bridgehead atoms. The molecule has 2 N–H and O–H groups in total. The fourth-order valence-corrected chi connectivity index (χ4v) is 4.02. The van der Waals surface area contributed by atoms with E-state index in [1.54, 1.807) is 0 Å². The average Bonchev–Trinajstić information content (AvgIpc) is 2.91. The van der Waals surface area contributed by atoms with Gasteiger partial charge >= 0.3 is 6.03 Å². The van der Waals surface area contributed by atoms with Gasteiger partial charge in [-0.15, -0.1) is 0 Å². The summed E-state index contributed by atoms with van der Waals surface area (Å²) < 4.78 is 0. The van der Waals surface area contributed by atoms with E-state index >= 15 is 0 Å². The lowest BCUT2D eigenvalue weighted by molar-refractivity contribution is 0.215. The summed E-state index contributed by atoms with van der Waals surface area (Å²) in [6, 6.07) is 0.542. The van der Waals surface area contributed by atoms with E-state index in [2.05, 4.69) is 10.6 Å². The van der Waals surface area contributed by atoms with Gasteiger partial charge in [0, 0.05) is 12.6 Å². The number of rotatable bonds is 5. The van der Waals surface area contributed by atoms with Crippen LogP contribution in [0.2, 0.25) is 0 Å². The second-order valence-corrected chi connectivity index (χ2v) is 6.91. The molecule has 0 aliphatic heterocycles. The molecule has 3 fully saturated rings. The summed E-state index contributed by atoms with van der Waals surface area (Å²) in [6.45, 7) is 0.883. The van der Waals surface area contributed by atoms with Crippen LogP contribution < -0.4 is 10.6 Å². The molecule has 108 valence electrons. The zero-order chi connectivity index (χ0) is 13.1. The van der Waals surface area contributed by atoms with Gasteiger partial charge in [0.15, 0.2) is 0 Å². The zero-order valence-electron chi connectivity index (χ0n) is 12.0. The van der Waals surface area contributed by atoms with Crippen molar-refractivity contribution in [3.63, 3.8) is 0 Å². The summed E-state index contributed by atoms with van der Waals surface area (Å²) in [4.78, 5) is 12.1. The van der Waals surface area contributed by atoms with Gasteiger partial charge in [0.05, 0.1) is 0 Å². The average molecular weight is 264 g/mol. The Hall–Kier alpha value is -0.730. The van der Waals surface area contributed by atoms with Gasteiger partial charge in [0.25, 0.3) is 0 Å². The van der Waals surface area contributed by atoms with E-state index in [1.807, 2.05) is 0 Å². The normalized spacial score (nSPS) is 25.1. The molecule has 0 radical (unpaired) electrons. The van der Waals surface area contributed by atoms with Crippen LogP contribution in [-0.4, -0.2) is 18.6 Å². The molecule has 3 aliphatic rings. The standard InChI is InChI=1S/C16H28N2O/c19-16(17-11-12-9-10-12)18-15(13-5-1-2-6-13)14-7-3-4-8-14/h12-15H,1-11H2,(H2,17,18,19). The summed E-state index contributed by atoms with van der Waals surface area (Å²) in [7, 11) is 0. The van der Waals surface area contributed by atoms with Gasteiger partial charge in [-0.3, -0.25) is 0 Å². The molecular weight excluding hydrogens is 236 g/mol. The molecule has 2 amide bonds. The van der Waals surface area contributed by atoms with Crippen molar-refractivity contribution in [3.05, 3.63) is 0 Å². The van der Waals surface area contributed by atoms with Gasteiger partial charge in [-0.25, -0.2) is 4.79 Å². The summed E-state index contributed by atoms with van der Waals surface area (Å²) in [5, 5.41) is 6.41. The van der Waals surface area contributed by atoms with Gasteiger partial charge < -0.3 is 10.6 Å². The predicted octanol–water partition coefficient (Wildman–Crippen LogP) is 3.44. The van der Waals surface area contributed by atoms with E-state index in [9.17, 15) is 4.79 Å². The Balaban J connectivity index is 1.52. The van der Waals surface area contributed by atoms with Crippen LogP contribution in [0.1, 0.15) is 64.2 Å². The maximum Gasteiger partial charge on any atom is 0.315 e. The highest BCUT2D eigenvalue weighted by Crippen LogP contribution is 2.37. The molecule has 0 spiro atoms. The van der Waals surface area contributed by atoms with Crippen molar-refractivity contribution < 1.29 is 4.79 Å². The van der Waals surface area contributed by atoms with E-state index in [-0.39, 0.29) is 6.03 Å². The highest BCUT2D eigenvalue weighted by molar-refractivity contribution is 5.74. The molecule has 0 aromatic rings. The summed E-state index contributed by atoms with van der Waals surface area (Å²) >= 11 is 0. The van der Waals surface area contributed by atoms with E-state index < -0.39 is 0 Å². The quantitative estimate of drug-likeness (QED) is 0.784. The largest absolute Gasteiger partial charge is 0.338 e. The topological polar surface area (TPSA) is 41.1 Å². The van der Waals surface area contributed by atoms with Gasteiger partial charge in [0.1, 0.15) is 0 Å². The SMILES string of the molecule is O=C(NCC1CC1)NC(C1CCCC1)C1CCCC1. The van der Waals surface area contributed by atoms with E-state index in [0.717, 1.165) is 24.3 Å². The van der Waals surface area contributed by atoms with Gasteiger partial charge in [-0.1, -0.05) is 25.7 Å². The number of amides is 2. The lowest BCUT2D eigenvalue weighted by atomic mass is 9.86. The van der Waals surface area contributed by atoms with Crippen molar-refractivity contribution in [1.82, 2.24) is 10.6 Å². The van der Waals surface area contributed by atoms with Crippen molar-refractivity contribution in [2.24, 2.45) is 17.8 Å². The third-order valence-electron chi connectivity index (χ3n) is 5.36. The molecule has 0 unspecified atom stereocenters. The van der Waals surface area contributed by atoms with Gasteiger partial charge in [-0.2, -0.15) is 0 Å². The minimum absolute atomic E-state index is 0.0932. The molecular formula is C16H28N2O. The van der Waals surface area contributed by atoms with Crippen LogP contribution in [0.25, 0.3) is 0 Å². The predicted molar refractivity (Wildman–Crippen MR) is 77.0 cm³/mol. The highest BCUT2D eigenvalue weighted by atomic mass is 16.2. The first-order chi connectivity index (χ1) is 9.33. The molecule has 0 aromatic heterocycles. The second-order valence-electron chi connectivity index (χ2n) is 6.91. The molecule has 3 rings (SSSR count). The monoisotopic (exact) mass is 264 g/mol. The molecule has 3 aliphatic carbocycles. The molecule has 0 aromatic carbocycles. The number of nitrogens with one attached hydrogen (secondary N) is 2. The Bertz CT molecular complexity index is 286. The second kappa shape index (κ2) is 6.15. The van der Waals surface area contributed by atoms with E-state index in [1.165, 1.54) is 64.2 Å². The highest BCUT2D eigenvalue weighted by Gasteiger charge is 2.34. The number of hydrogen-bond donors (Lipinski definition) is 2. The smallest absolute Gasteiger partial charge is 0.315 e. The summed E-state index contributed by atoms with van der Waals surface area (Å²) in [6.07, 6.45) is 13.3. The first-order valence-electron chi connectivity index (χ1n) is 8.37. The van der Waals surface area contributed by atoms with Crippen molar-refractivity contribution in [2.75, 3.05) is 6.54 Å². The lowest BCUT2D eigenvalue weighted by Gasteiger charge is -2.30. The Morgan fingerprint density at radius 2 is 1.42 bits per heavy atom. The molecule has 3 nitrogen and oxygen atoms in total. The van der Waals surface area contributed by atoms with Crippen LogP contribution in [0, 0.1) is 17.8 Å². The number of urea groups is 1. The van der Waals surface area contributed by atoms with Crippen LogP contribution in [0.3, 0.4) is 0 Å². The number of carbonyl (C=O) groups excluding carboxylic acids is 1. The minimum Gasteiger partial charge on any atom is -0.338 e. The molecule has 19 heavy (non-hydrogen) atoms. The maximum absolute atomic E-state index is 12.1. The minimum atomic E-state index is 0.0932. The number of carbonyl (C=O) groups is 1. The molecule has 0 atom stereocenters. The number of hydrogen-bond acceptors (Lipinski definition) is 1. The Kier molecular flexibility index (Phi) is 4.29. The van der Waals surface area contributed by atoms with Gasteiger partial charge in [0.2, 0.25) is 0 Å². The molecule has 0 saturated heterocycles. The lowest BCUT2D eigenvalue weighted by Crippen LogP contribution is -2.48.